The van der Waals surface area contributed by atoms with E-state index >= 15 is 0 Å². The van der Waals surface area contributed by atoms with E-state index in [1.54, 1.807) is 25.3 Å². The quantitative estimate of drug-likeness (QED) is 0.429. The Morgan fingerprint density at radius 3 is 2.41 bits per heavy atom. The Labute approximate surface area is 182 Å². The van der Waals surface area contributed by atoms with Crippen LogP contribution in [0.2, 0.25) is 5.02 Å². The number of hydrogen-bond donors (Lipinski definition) is 1. The van der Waals surface area contributed by atoms with E-state index in [9.17, 15) is 4.39 Å². The summed E-state index contributed by atoms with van der Waals surface area (Å²) in [7, 11) is 1.59. The molecule has 3 rings (SSSR count). The van der Waals surface area contributed by atoms with Crippen molar-refractivity contribution in [3.05, 3.63) is 94.3 Å². The van der Waals surface area contributed by atoms with Crippen molar-refractivity contribution in [1.82, 2.24) is 5.32 Å². The summed E-state index contributed by atoms with van der Waals surface area (Å²) < 4.78 is 25.2. The largest absolute Gasteiger partial charge is 0.493 e. The van der Waals surface area contributed by atoms with E-state index < -0.39 is 0 Å². The molecule has 0 heterocycles. The van der Waals surface area contributed by atoms with Crippen LogP contribution in [0, 0.1) is 5.82 Å². The van der Waals surface area contributed by atoms with Crippen LogP contribution in [0.25, 0.3) is 0 Å². The van der Waals surface area contributed by atoms with E-state index in [1.807, 2.05) is 42.5 Å². The lowest BCUT2D eigenvalue weighted by Crippen LogP contribution is -2.18. The van der Waals surface area contributed by atoms with Crippen LogP contribution in [-0.4, -0.2) is 13.7 Å². The molecule has 0 bridgehead atoms. The number of ether oxygens (including phenoxy) is 2. The van der Waals surface area contributed by atoms with Gasteiger partial charge in [-0.3, -0.25) is 0 Å². The standard InChI is InChI=1S/C23H23ClFNO2.ClH/c1-27-22-14-20(24)13-19(23(22)28-16-17-7-3-2-4-8-17)15-26-12-11-18-9-5-6-10-21(18)25;/h2-10,13-14,26H,11-12,15-16H2,1H3;1H. The first kappa shape index (κ1) is 23.0. The zero-order chi connectivity index (χ0) is 19.8. The van der Waals surface area contributed by atoms with Gasteiger partial charge >= 0.3 is 0 Å². The van der Waals surface area contributed by atoms with Gasteiger partial charge in [-0.25, -0.2) is 4.39 Å². The van der Waals surface area contributed by atoms with Crippen molar-refractivity contribution in [2.75, 3.05) is 13.7 Å². The molecule has 0 aliphatic carbocycles. The van der Waals surface area contributed by atoms with Gasteiger partial charge in [-0.15, -0.1) is 12.4 Å². The Morgan fingerprint density at radius 1 is 0.966 bits per heavy atom. The van der Waals surface area contributed by atoms with Crippen molar-refractivity contribution in [1.29, 1.82) is 0 Å². The molecule has 0 fully saturated rings. The Hall–Kier alpha value is -2.27. The third-order valence-electron chi connectivity index (χ3n) is 4.39. The van der Waals surface area contributed by atoms with Crippen LogP contribution < -0.4 is 14.8 Å². The highest BCUT2D eigenvalue weighted by molar-refractivity contribution is 6.30. The fourth-order valence-corrected chi connectivity index (χ4v) is 3.18. The Bertz CT molecular complexity index is 907. The average molecular weight is 436 g/mol. The fourth-order valence-electron chi connectivity index (χ4n) is 2.95. The van der Waals surface area contributed by atoms with Crippen LogP contribution in [0.1, 0.15) is 16.7 Å². The molecule has 0 aliphatic heterocycles. The summed E-state index contributed by atoms with van der Waals surface area (Å²) in [5, 5.41) is 3.91. The monoisotopic (exact) mass is 435 g/mol. The summed E-state index contributed by atoms with van der Waals surface area (Å²) in [6.07, 6.45) is 0.602. The number of halogens is 3. The summed E-state index contributed by atoms with van der Waals surface area (Å²) in [5.41, 5.74) is 2.66. The number of nitrogens with one attached hydrogen (secondary N) is 1. The van der Waals surface area contributed by atoms with Crippen LogP contribution in [-0.2, 0) is 19.6 Å². The maximum atomic E-state index is 13.7. The summed E-state index contributed by atoms with van der Waals surface area (Å²) in [6, 6.07) is 20.4. The lowest BCUT2D eigenvalue weighted by Gasteiger charge is -2.16. The van der Waals surface area contributed by atoms with Crippen molar-refractivity contribution in [2.24, 2.45) is 0 Å². The molecule has 0 aliphatic rings. The number of rotatable bonds is 9. The van der Waals surface area contributed by atoms with Crippen molar-refractivity contribution in [3.8, 4) is 11.5 Å². The molecule has 3 nitrogen and oxygen atoms in total. The Kier molecular flexibility index (Phi) is 9.26. The maximum Gasteiger partial charge on any atom is 0.166 e. The zero-order valence-electron chi connectivity index (χ0n) is 16.2. The predicted octanol–water partition coefficient (Wildman–Crippen LogP) is 5.82. The third-order valence-corrected chi connectivity index (χ3v) is 4.61. The Balaban J connectivity index is 0.00000300. The minimum atomic E-state index is -0.180. The molecular weight excluding hydrogens is 412 g/mol. The molecule has 1 N–H and O–H groups in total. The summed E-state index contributed by atoms with van der Waals surface area (Å²) >= 11 is 6.23. The predicted molar refractivity (Wildman–Crippen MR) is 118 cm³/mol. The smallest absolute Gasteiger partial charge is 0.166 e. The van der Waals surface area contributed by atoms with Gasteiger partial charge in [0.15, 0.2) is 11.5 Å². The fraction of sp³-hybridized carbons (Fsp3) is 0.217. The SMILES string of the molecule is COc1cc(Cl)cc(CNCCc2ccccc2F)c1OCc1ccccc1.Cl. The maximum absolute atomic E-state index is 13.7. The van der Waals surface area contributed by atoms with Crippen molar-refractivity contribution in [3.63, 3.8) is 0 Å². The first-order valence-electron chi connectivity index (χ1n) is 9.14. The van der Waals surface area contributed by atoms with Crippen LogP contribution in [0.15, 0.2) is 66.7 Å². The molecule has 0 radical (unpaired) electrons. The molecule has 29 heavy (non-hydrogen) atoms. The van der Waals surface area contributed by atoms with Gasteiger partial charge in [-0.2, -0.15) is 0 Å². The van der Waals surface area contributed by atoms with Gasteiger partial charge in [0.1, 0.15) is 12.4 Å². The minimum Gasteiger partial charge on any atom is -0.493 e. The topological polar surface area (TPSA) is 30.5 Å². The molecule has 6 heteroatoms. The van der Waals surface area contributed by atoms with E-state index in [2.05, 4.69) is 5.32 Å². The van der Waals surface area contributed by atoms with Gasteiger partial charge in [-0.05, 0) is 36.2 Å². The van der Waals surface area contributed by atoms with Gasteiger partial charge in [0, 0.05) is 23.2 Å². The highest BCUT2D eigenvalue weighted by Crippen LogP contribution is 2.35. The number of benzene rings is 3. The van der Waals surface area contributed by atoms with E-state index in [-0.39, 0.29) is 18.2 Å². The summed E-state index contributed by atoms with van der Waals surface area (Å²) in [6.45, 7) is 1.60. The molecule has 3 aromatic carbocycles. The first-order valence-corrected chi connectivity index (χ1v) is 9.52. The van der Waals surface area contributed by atoms with Crippen LogP contribution in [0.3, 0.4) is 0 Å². The zero-order valence-corrected chi connectivity index (χ0v) is 17.7. The van der Waals surface area contributed by atoms with Crippen LogP contribution in [0.5, 0.6) is 11.5 Å². The van der Waals surface area contributed by atoms with E-state index in [0.29, 0.717) is 48.2 Å². The Morgan fingerprint density at radius 2 is 1.69 bits per heavy atom. The van der Waals surface area contributed by atoms with E-state index in [4.69, 9.17) is 21.1 Å². The molecule has 0 saturated carbocycles. The van der Waals surface area contributed by atoms with E-state index in [1.165, 1.54) is 6.07 Å². The second-order valence-electron chi connectivity index (χ2n) is 6.39. The third kappa shape index (κ3) is 6.64. The van der Waals surface area contributed by atoms with Gasteiger partial charge in [-0.1, -0.05) is 60.1 Å². The molecule has 0 aromatic heterocycles. The second-order valence-corrected chi connectivity index (χ2v) is 6.83. The normalized spacial score (nSPS) is 10.3. The molecule has 0 amide bonds. The van der Waals surface area contributed by atoms with Crippen molar-refractivity contribution in [2.45, 2.75) is 19.6 Å². The van der Waals surface area contributed by atoms with Crippen LogP contribution in [0.4, 0.5) is 4.39 Å². The van der Waals surface area contributed by atoms with Crippen molar-refractivity contribution >= 4 is 24.0 Å². The van der Waals surface area contributed by atoms with Gasteiger partial charge in [0.25, 0.3) is 0 Å². The summed E-state index contributed by atoms with van der Waals surface area (Å²) in [5.74, 6) is 1.07. The molecule has 0 atom stereocenters. The van der Waals surface area contributed by atoms with Gasteiger partial charge in [0.05, 0.1) is 7.11 Å². The molecule has 0 saturated heterocycles. The van der Waals surface area contributed by atoms with Crippen LogP contribution >= 0.6 is 24.0 Å². The molecule has 154 valence electrons. The minimum absolute atomic E-state index is 0. The summed E-state index contributed by atoms with van der Waals surface area (Å²) in [4.78, 5) is 0. The first-order chi connectivity index (χ1) is 13.7. The lowest BCUT2D eigenvalue weighted by atomic mass is 10.1. The number of hydrogen-bond acceptors (Lipinski definition) is 3. The molecule has 3 aromatic rings. The van der Waals surface area contributed by atoms with Crippen molar-refractivity contribution < 1.29 is 13.9 Å². The highest BCUT2D eigenvalue weighted by Gasteiger charge is 2.13. The molecule has 0 unspecified atom stereocenters. The lowest BCUT2D eigenvalue weighted by molar-refractivity contribution is 0.280. The second kappa shape index (κ2) is 11.7. The average Bonchev–Trinajstić information content (AvgIpc) is 2.72. The molecule has 0 spiro atoms. The molecular formula is C23H24Cl2FNO2. The van der Waals surface area contributed by atoms with Gasteiger partial charge in [0.2, 0.25) is 0 Å². The van der Waals surface area contributed by atoms with Gasteiger partial charge < -0.3 is 14.8 Å². The van der Waals surface area contributed by atoms with E-state index in [0.717, 1.165) is 11.1 Å². The highest BCUT2D eigenvalue weighted by atomic mass is 35.5. The number of methoxy groups -OCH3 is 1.